The van der Waals surface area contributed by atoms with Crippen molar-refractivity contribution in [3.05, 3.63) is 28.2 Å². The number of rotatable bonds is 4. The Morgan fingerprint density at radius 1 is 1.43 bits per heavy atom. The standard InChI is InChI=1S/C16H23BrN2O3S/c1-12-5-4-8-18(10-12)16(20)11-19(23(3,21)22)14-6-7-15(17)13(2)9-14/h6-7,9,12H,4-5,8,10-11H2,1-3H3/t12-/m1/s1. The monoisotopic (exact) mass is 402 g/mol. The van der Waals surface area contributed by atoms with Crippen LogP contribution in [0.4, 0.5) is 5.69 Å². The van der Waals surface area contributed by atoms with Gasteiger partial charge in [0.15, 0.2) is 0 Å². The van der Waals surface area contributed by atoms with Crippen LogP contribution in [0.3, 0.4) is 0 Å². The van der Waals surface area contributed by atoms with Crippen LogP contribution in [0, 0.1) is 12.8 Å². The van der Waals surface area contributed by atoms with Gasteiger partial charge >= 0.3 is 0 Å². The third kappa shape index (κ3) is 4.70. The highest BCUT2D eigenvalue weighted by Gasteiger charge is 2.26. The van der Waals surface area contributed by atoms with Crippen LogP contribution in [0.15, 0.2) is 22.7 Å². The Labute approximate surface area is 146 Å². The molecule has 128 valence electrons. The molecule has 1 aliphatic heterocycles. The predicted molar refractivity (Wildman–Crippen MR) is 96.0 cm³/mol. The first-order valence-corrected chi connectivity index (χ1v) is 10.3. The molecule has 1 aromatic carbocycles. The fourth-order valence-electron chi connectivity index (χ4n) is 2.82. The Morgan fingerprint density at radius 3 is 2.70 bits per heavy atom. The molecule has 0 bridgehead atoms. The predicted octanol–water partition coefficient (Wildman–Crippen LogP) is 2.78. The van der Waals surface area contributed by atoms with Crippen molar-refractivity contribution in [2.75, 3.05) is 30.2 Å². The average molecular weight is 403 g/mol. The molecule has 1 aromatic rings. The van der Waals surface area contributed by atoms with Crippen molar-refractivity contribution in [3.63, 3.8) is 0 Å². The van der Waals surface area contributed by atoms with E-state index < -0.39 is 10.0 Å². The second-order valence-corrected chi connectivity index (χ2v) is 9.05. The van der Waals surface area contributed by atoms with E-state index in [-0.39, 0.29) is 12.5 Å². The molecule has 0 aliphatic carbocycles. The quantitative estimate of drug-likeness (QED) is 0.777. The average Bonchev–Trinajstić information content (AvgIpc) is 2.46. The first-order chi connectivity index (χ1) is 10.7. The van der Waals surface area contributed by atoms with E-state index in [1.54, 1.807) is 23.1 Å². The number of halogens is 1. The van der Waals surface area contributed by atoms with Gasteiger partial charge in [-0.25, -0.2) is 8.42 Å². The second kappa shape index (κ2) is 7.21. The normalized spacial score (nSPS) is 18.8. The fraction of sp³-hybridized carbons (Fsp3) is 0.562. The van der Waals surface area contributed by atoms with Crippen LogP contribution in [0.2, 0.25) is 0 Å². The number of likely N-dealkylation sites (tertiary alicyclic amines) is 1. The number of carbonyl (C=O) groups is 1. The minimum absolute atomic E-state index is 0.137. The van der Waals surface area contributed by atoms with Crippen molar-refractivity contribution in [2.24, 2.45) is 5.92 Å². The zero-order valence-corrected chi connectivity index (χ0v) is 16.2. The number of aryl methyl sites for hydroxylation is 1. The molecule has 1 amide bonds. The number of hydrogen-bond donors (Lipinski definition) is 0. The molecule has 0 saturated carbocycles. The Kier molecular flexibility index (Phi) is 5.73. The fourth-order valence-corrected chi connectivity index (χ4v) is 3.91. The lowest BCUT2D eigenvalue weighted by Gasteiger charge is -2.33. The Morgan fingerprint density at radius 2 is 2.13 bits per heavy atom. The molecule has 2 rings (SSSR count). The molecule has 1 heterocycles. The number of benzene rings is 1. The summed E-state index contributed by atoms with van der Waals surface area (Å²) < 4.78 is 26.4. The summed E-state index contributed by atoms with van der Waals surface area (Å²) in [6.45, 7) is 5.27. The first kappa shape index (κ1) is 18.3. The van der Waals surface area contributed by atoms with E-state index in [1.165, 1.54) is 4.31 Å². The largest absolute Gasteiger partial charge is 0.341 e. The third-order valence-corrected chi connectivity index (χ3v) is 6.15. The van der Waals surface area contributed by atoms with Crippen molar-refractivity contribution in [3.8, 4) is 0 Å². The minimum Gasteiger partial charge on any atom is -0.341 e. The van der Waals surface area contributed by atoms with Crippen LogP contribution in [0.25, 0.3) is 0 Å². The highest BCUT2D eigenvalue weighted by atomic mass is 79.9. The van der Waals surface area contributed by atoms with Crippen LogP contribution in [-0.4, -0.2) is 45.1 Å². The lowest BCUT2D eigenvalue weighted by atomic mass is 10.0. The number of hydrogen-bond acceptors (Lipinski definition) is 3. The molecular weight excluding hydrogens is 380 g/mol. The molecule has 0 aromatic heterocycles. The van der Waals surface area contributed by atoms with Crippen molar-refractivity contribution >= 4 is 37.5 Å². The highest BCUT2D eigenvalue weighted by Crippen LogP contribution is 2.25. The summed E-state index contributed by atoms with van der Waals surface area (Å²) in [5.41, 5.74) is 1.45. The maximum atomic E-state index is 12.5. The zero-order valence-electron chi connectivity index (χ0n) is 13.8. The van der Waals surface area contributed by atoms with Crippen molar-refractivity contribution in [1.82, 2.24) is 4.90 Å². The van der Waals surface area contributed by atoms with E-state index in [0.29, 0.717) is 24.7 Å². The van der Waals surface area contributed by atoms with Crippen LogP contribution in [0.5, 0.6) is 0 Å². The summed E-state index contributed by atoms with van der Waals surface area (Å²) in [5.74, 6) is 0.330. The molecule has 1 fully saturated rings. The molecule has 5 nitrogen and oxygen atoms in total. The maximum absolute atomic E-state index is 12.5. The van der Waals surface area contributed by atoms with Gasteiger partial charge in [0.25, 0.3) is 0 Å². The number of nitrogens with zero attached hydrogens (tertiary/aromatic N) is 2. The van der Waals surface area contributed by atoms with Crippen LogP contribution in [0.1, 0.15) is 25.3 Å². The van der Waals surface area contributed by atoms with E-state index >= 15 is 0 Å². The third-order valence-electron chi connectivity index (χ3n) is 4.12. The van der Waals surface area contributed by atoms with Crippen molar-refractivity contribution in [2.45, 2.75) is 26.7 Å². The van der Waals surface area contributed by atoms with Gasteiger partial charge in [0.1, 0.15) is 6.54 Å². The van der Waals surface area contributed by atoms with E-state index in [1.807, 2.05) is 6.92 Å². The van der Waals surface area contributed by atoms with E-state index in [4.69, 9.17) is 0 Å². The van der Waals surface area contributed by atoms with Gasteiger partial charge in [0, 0.05) is 17.6 Å². The molecule has 0 unspecified atom stereocenters. The van der Waals surface area contributed by atoms with E-state index in [9.17, 15) is 13.2 Å². The minimum atomic E-state index is -3.52. The number of anilines is 1. The van der Waals surface area contributed by atoms with Gasteiger partial charge in [-0.3, -0.25) is 9.10 Å². The van der Waals surface area contributed by atoms with Gasteiger partial charge in [-0.15, -0.1) is 0 Å². The molecular formula is C16H23BrN2O3S. The summed E-state index contributed by atoms with van der Waals surface area (Å²) in [4.78, 5) is 14.3. The SMILES string of the molecule is Cc1cc(N(CC(=O)N2CCC[C@@H](C)C2)S(C)(=O)=O)ccc1Br. The van der Waals surface area contributed by atoms with Crippen molar-refractivity contribution < 1.29 is 13.2 Å². The lowest BCUT2D eigenvalue weighted by Crippen LogP contribution is -2.46. The number of carbonyl (C=O) groups excluding carboxylic acids is 1. The van der Waals surface area contributed by atoms with Crippen LogP contribution < -0.4 is 4.31 Å². The molecule has 0 N–H and O–H groups in total. The summed E-state index contributed by atoms with van der Waals surface area (Å²) in [5, 5.41) is 0. The molecule has 1 aliphatic rings. The Balaban J connectivity index is 2.22. The molecule has 7 heteroatoms. The summed E-state index contributed by atoms with van der Waals surface area (Å²) in [7, 11) is -3.52. The van der Waals surface area contributed by atoms with E-state index in [2.05, 4.69) is 22.9 Å². The van der Waals surface area contributed by atoms with Gasteiger partial charge in [0.2, 0.25) is 15.9 Å². The number of piperidine rings is 1. The highest BCUT2D eigenvalue weighted by molar-refractivity contribution is 9.10. The van der Waals surface area contributed by atoms with Crippen LogP contribution >= 0.6 is 15.9 Å². The maximum Gasteiger partial charge on any atom is 0.243 e. The van der Waals surface area contributed by atoms with E-state index in [0.717, 1.165) is 29.1 Å². The zero-order chi connectivity index (χ0) is 17.2. The number of sulfonamides is 1. The number of amides is 1. The first-order valence-electron chi connectivity index (χ1n) is 7.70. The van der Waals surface area contributed by atoms with Gasteiger partial charge in [0.05, 0.1) is 11.9 Å². The summed E-state index contributed by atoms with van der Waals surface area (Å²) in [6.07, 6.45) is 3.23. The smallest absolute Gasteiger partial charge is 0.243 e. The van der Waals surface area contributed by atoms with Crippen molar-refractivity contribution in [1.29, 1.82) is 0 Å². The summed E-state index contributed by atoms with van der Waals surface area (Å²) in [6, 6.07) is 5.29. The lowest BCUT2D eigenvalue weighted by molar-refractivity contribution is -0.131. The molecule has 0 spiro atoms. The topological polar surface area (TPSA) is 57.7 Å². The summed E-state index contributed by atoms with van der Waals surface area (Å²) >= 11 is 3.41. The molecule has 1 atom stereocenters. The molecule has 23 heavy (non-hydrogen) atoms. The van der Waals surface area contributed by atoms with Gasteiger partial charge in [-0.1, -0.05) is 22.9 Å². The Hall–Kier alpha value is -1.08. The second-order valence-electron chi connectivity index (χ2n) is 6.29. The molecule has 1 saturated heterocycles. The van der Waals surface area contributed by atoms with Gasteiger partial charge < -0.3 is 4.90 Å². The molecule has 0 radical (unpaired) electrons. The van der Waals surface area contributed by atoms with Crippen LogP contribution in [-0.2, 0) is 14.8 Å². The van der Waals surface area contributed by atoms with Gasteiger partial charge in [-0.2, -0.15) is 0 Å². The Bertz CT molecular complexity index is 691. The van der Waals surface area contributed by atoms with Gasteiger partial charge in [-0.05, 0) is 49.4 Å².